The molecule has 0 saturated carbocycles. The number of amides is 1. The highest BCUT2D eigenvalue weighted by Crippen LogP contribution is 2.23. The van der Waals surface area contributed by atoms with Crippen molar-refractivity contribution >= 4 is 22.9 Å². The van der Waals surface area contributed by atoms with E-state index in [0.29, 0.717) is 12.5 Å². The number of thiophene rings is 1. The van der Waals surface area contributed by atoms with Crippen LogP contribution in [0.4, 0.5) is 5.69 Å². The Bertz CT molecular complexity index is 578. The fourth-order valence-electron chi connectivity index (χ4n) is 2.39. The van der Waals surface area contributed by atoms with E-state index in [1.54, 1.807) is 11.3 Å². The molecule has 1 atom stereocenters. The van der Waals surface area contributed by atoms with E-state index in [1.807, 2.05) is 25.2 Å². The van der Waals surface area contributed by atoms with Crippen LogP contribution in [0.1, 0.15) is 30.9 Å². The molecule has 3 nitrogen and oxygen atoms in total. The van der Waals surface area contributed by atoms with Gasteiger partial charge in [0.25, 0.3) is 5.91 Å². The lowest BCUT2D eigenvalue weighted by Gasteiger charge is -2.16. The summed E-state index contributed by atoms with van der Waals surface area (Å²) in [6.45, 7) is 5.63. The number of para-hydroxylation sites is 1. The molecule has 0 aliphatic heterocycles. The smallest absolute Gasteiger partial charge is 0.279 e. The quantitative estimate of drug-likeness (QED) is 0.845. The van der Waals surface area contributed by atoms with Crippen molar-refractivity contribution in [1.29, 1.82) is 0 Å². The number of hydrogen-bond donors (Lipinski definition) is 2. The van der Waals surface area contributed by atoms with Gasteiger partial charge >= 0.3 is 0 Å². The molecule has 0 saturated heterocycles. The van der Waals surface area contributed by atoms with Crippen LogP contribution in [0.3, 0.4) is 0 Å². The first-order chi connectivity index (χ1) is 10.1. The summed E-state index contributed by atoms with van der Waals surface area (Å²) >= 11 is 1.69. The first-order valence-electron chi connectivity index (χ1n) is 7.27. The van der Waals surface area contributed by atoms with Crippen LogP contribution < -0.4 is 10.2 Å². The van der Waals surface area contributed by atoms with E-state index in [9.17, 15) is 4.79 Å². The highest BCUT2D eigenvalue weighted by atomic mass is 32.1. The van der Waals surface area contributed by atoms with Gasteiger partial charge in [-0.15, -0.1) is 0 Å². The molecule has 1 aromatic heterocycles. The van der Waals surface area contributed by atoms with Gasteiger partial charge in [0, 0.05) is 11.3 Å². The molecule has 1 aromatic carbocycles. The number of likely N-dealkylation sites (N-methyl/N-ethyl adjacent to an activating group) is 1. The highest BCUT2D eigenvalue weighted by molar-refractivity contribution is 7.07. The van der Waals surface area contributed by atoms with Crippen molar-refractivity contribution in [1.82, 2.24) is 0 Å². The van der Waals surface area contributed by atoms with E-state index in [2.05, 4.69) is 42.1 Å². The maximum atomic E-state index is 12.2. The van der Waals surface area contributed by atoms with Crippen molar-refractivity contribution in [2.75, 3.05) is 18.9 Å². The van der Waals surface area contributed by atoms with Gasteiger partial charge in [-0.2, -0.15) is 11.3 Å². The summed E-state index contributed by atoms with van der Waals surface area (Å²) in [5.41, 5.74) is 3.40. The molecule has 0 bridgehead atoms. The fourth-order valence-corrected chi connectivity index (χ4v) is 3.06. The zero-order valence-corrected chi connectivity index (χ0v) is 13.7. The van der Waals surface area contributed by atoms with Crippen LogP contribution in [0.25, 0.3) is 0 Å². The Hall–Kier alpha value is -1.65. The summed E-state index contributed by atoms with van der Waals surface area (Å²) in [6, 6.07) is 10.1. The normalized spacial score (nSPS) is 12.4. The molecule has 0 aliphatic carbocycles. The van der Waals surface area contributed by atoms with Crippen LogP contribution in [0.2, 0.25) is 0 Å². The van der Waals surface area contributed by atoms with E-state index < -0.39 is 0 Å². The molecule has 2 aromatic rings. The third-order valence-electron chi connectivity index (χ3n) is 3.41. The predicted octanol–water partition coefficient (Wildman–Crippen LogP) is 2.52. The second-order valence-electron chi connectivity index (χ2n) is 5.73. The lowest BCUT2D eigenvalue weighted by atomic mass is 10.0. The lowest BCUT2D eigenvalue weighted by molar-refractivity contribution is -0.885. The summed E-state index contributed by atoms with van der Waals surface area (Å²) in [6.07, 6.45) is 0. The number of carbonyl (C=O) groups excluding carboxylic acids is 1. The number of anilines is 1. The molecule has 0 radical (unpaired) electrons. The maximum absolute atomic E-state index is 12.2. The van der Waals surface area contributed by atoms with Crippen molar-refractivity contribution < 1.29 is 9.69 Å². The Labute approximate surface area is 130 Å². The molecule has 0 fully saturated rings. The zero-order chi connectivity index (χ0) is 15.2. The van der Waals surface area contributed by atoms with Crippen LogP contribution in [0, 0.1) is 0 Å². The number of hydrogen-bond acceptors (Lipinski definition) is 2. The minimum atomic E-state index is 0.0656. The summed E-state index contributed by atoms with van der Waals surface area (Å²) in [7, 11) is 2.05. The summed E-state index contributed by atoms with van der Waals surface area (Å²) in [5, 5.41) is 7.25. The summed E-state index contributed by atoms with van der Waals surface area (Å²) in [4.78, 5) is 13.4. The topological polar surface area (TPSA) is 33.5 Å². The first kappa shape index (κ1) is 15.7. The second kappa shape index (κ2) is 7.38. The zero-order valence-electron chi connectivity index (χ0n) is 12.8. The molecule has 2 rings (SSSR count). The molecule has 1 heterocycles. The third-order valence-corrected chi connectivity index (χ3v) is 4.14. The Morgan fingerprint density at radius 3 is 2.71 bits per heavy atom. The summed E-state index contributed by atoms with van der Waals surface area (Å²) in [5.74, 6) is 0.466. The number of rotatable bonds is 6. The molecule has 0 spiro atoms. The largest absolute Gasteiger partial charge is 0.326 e. The highest BCUT2D eigenvalue weighted by Gasteiger charge is 2.13. The number of carbonyl (C=O) groups is 1. The predicted molar refractivity (Wildman–Crippen MR) is 88.9 cm³/mol. The van der Waals surface area contributed by atoms with Gasteiger partial charge in [0.15, 0.2) is 6.54 Å². The molecule has 4 heteroatoms. The van der Waals surface area contributed by atoms with Gasteiger partial charge in [0.1, 0.15) is 6.54 Å². The van der Waals surface area contributed by atoms with E-state index in [-0.39, 0.29) is 5.91 Å². The SMILES string of the molecule is CC(C)c1ccccc1NC(=O)C[NH+](C)Cc1ccsc1. The maximum Gasteiger partial charge on any atom is 0.279 e. The Balaban J connectivity index is 1.92. The van der Waals surface area contributed by atoms with E-state index >= 15 is 0 Å². The van der Waals surface area contributed by atoms with Gasteiger partial charge in [0.2, 0.25) is 0 Å². The van der Waals surface area contributed by atoms with Crippen molar-refractivity contribution in [2.24, 2.45) is 0 Å². The molecule has 1 amide bonds. The Kier molecular flexibility index (Phi) is 5.53. The first-order valence-corrected chi connectivity index (χ1v) is 8.21. The lowest BCUT2D eigenvalue weighted by Crippen LogP contribution is -3.08. The summed E-state index contributed by atoms with van der Waals surface area (Å²) < 4.78 is 0. The van der Waals surface area contributed by atoms with Crippen LogP contribution in [-0.4, -0.2) is 19.5 Å². The van der Waals surface area contributed by atoms with Crippen LogP contribution in [0.15, 0.2) is 41.1 Å². The average molecular weight is 303 g/mol. The Morgan fingerprint density at radius 1 is 1.29 bits per heavy atom. The van der Waals surface area contributed by atoms with Gasteiger partial charge < -0.3 is 10.2 Å². The van der Waals surface area contributed by atoms with Gasteiger partial charge in [0.05, 0.1) is 7.05 Å². The van der Waals surface area contributed by atoms with Crippen molar-refractivity contribution in [3.63, 3.8) is 0 Å². The standard InChI is InChI=1S/C17H22N2OS/c1-13(2)15-6-4-5-7-16(15)18-17(20)11-19(3)10-14-8-9-21-12-14/h4-9,12-13H,10-11H2,1-3H3,(H,18,20)/p+1. The molecule has 21 heavy (non-hydrogen) atoms. The van der Waals surface area contributed by atoms with Crippen molar-refractivity contribution in [3.05, 3.63) is 52.2 Å². The van der Waals surface area contributed by atoms with E-state index in [4.69, 9.17) is 0 Å². The van der Waals surface area contributed by atoms with E-state index in [1.165, 1.54) is 16.0 Å². The van der Waals surface area contributed by atoms with Crippen molar-refractivity contribution in [2.45, 2.75) is 26.3 Å². The van der Waals surface area contributed by atoms with Gasteiger partial charge in [-0.05, 0) is 34.4 Å². The van der Waals surface area contributed by atoms with Crippen molar-refractivity contribution in [3.8, 4) is 0 Å². The second-order valence-corrected chi connectivity index (χ2v) is 6.51. The number of quaternary nitrogens is 1. The Morgan fingerprint density at radius 2 is 2.05 bits per heavy atom. The number of nitrogens with one attached hydrogen (secondary N) is 2. The van der Waals surface area contributed by atoms with Crippen LogP contribution in [0.5, 0.6) is 0 Å². The molecular formula is C17H23N2OS+. The monoisotopic (exact) mass is 303 g/mol. The number of benzene rings is 1. The van der Waals surface area contributed by atoms with E-state index in [0.717, 1.165) is 12.2 Å². The minimum Gasteiger partial charge on any atom is -0.326 e. The van der Waals surface area contributed by atoms with Crippen LogP contribution in [-0.2, 0) is 11.3 Å². The minimum absolute atomic E-state index is 0.0656. The van der Waals surface area contributed by atoms with Gasteiger partial charge in [-0.25, -0.2) is 0 Å². The molecule has 112 valence electrons. The third kappa shape index (κ3) is 4.69. The molecule has 0 aliphatic rings. The average Bonchev–Trinajstić information content (AvgIpc) is 2.91. The molecule has 1 unspecified atom stereocenters. The molecular weight excluding hydrogens is 280 g/mol. The van der Waals surface area contributed by atoms with Gasteiger partial charge in [-0.1, -0.05) is 32.0 Å². The fraction of sp³-hybridized carbons (Fsp3) is 0.353. The van der Waals surface area contributed by atoms with Crippen LogP contribution >= 0.6 is 11.3 Å². The molecule has 2 N–H and O–H groups in total. The van der Waals surface area contributed by atoms with Gasteiger partial charge in [-0.3, -0.25) is 4.79 Å².